The first-order chi connectivity index (χ1) is 13.8. The molecule has 150 valence electrons. The summed E-state index contributed by atoms with van der Waals surface area (Å²) in [6.07, 6.45) is 1.13. The maximum Gasteiger partial charge on any atom is 0.267 e. The lowest BCUT2D eigenvalue weighted by atomic mass is 10.1. The van der Waals surface area contributed by atoms with E-state index >= 15 is 0 Å². The summed E-state index contributed by atoms with van der Waals surface area (Å²) in [5.41, 5.74) is 1.07. The van der Waals surface area contributed by atoms with Crippen molar-refractivity contribution >= 4 is 63.9 Å². The van der Waals surface area contributed by atoms with Crippen molar-refractivity contribution in [3.8, 4) is 0 Å². The predicted molar refractivity (Wildman–Crippen MR) is 113 cm³/mol. The molecule has 1 amide bonds. The summed E-state index contributed by atoms with van der Waals surface area (Å²) in [5.74, 6) is -0.821. The van der Waals surface area contributed by atoms with Crippen molar-refractivity contribution in [2.24, 2.45) is 0 Å². The van der Waals surface area contributed by atoms with Gasteiger partial charge in [-0.15, -0.1) is 11.3 Å². The van der Waals surface area contributed by atoms with Crippen LogP contribution < -0.4 is 5.32 Å². The Morgan fingerprint density at radius 3 is 2.72 bits per heavy atom. The molecular weight excluding hydrogens is 435 g/mol. The number of halogens is 1. The number of aromatic nitrogens is 1. The lowest BCUT2D eigenvalue weighted by molar-refractivity contribution is 0.102. The zero-order chi connectivity index (χ0) is 20.8. The van der Waals surface area contributed by atoms with E-state index in [2.05, 4.69) is 10.3 Å². The van der Waals surface area contributed by atoms with Crippen LogP contribution in [0.25, 0.3) is 20.3 Å². The van der Waals surface area contributed by atoms with E-state index in [1.807, 2.05) is 0 Å². The van der Waals surface area contributed by atoms with Crippen LogP contribution in [0.4, 0.5) is 9.52 Å². The lowest BCUT2D eigenvalue weighted by Crippen LogP contribution is -2.12. The van der Waals surface area contributed by atoms with Crippen LogP contribution in [0.15, 0.2) is 41.3 Å². The third-order valence-corrected chi connectivity index (χ3v) is 7.51. The minimum Gasteiger partial charge on any atom is -0.380 e. The molecule has 0 radical (unpaired) electrons. The molecular formula is C19H15FN2O4S3. The monoisotopic (exact) mass is 450 g/mol. The maximum atomic E-state index is 14.3. The number of nitrogens with zero attached hydrogens (tertiary/aromatic N) is 1. The summed E-state index contributed by atoms with van der Waals surface area (Å²) in [6.45, 7) is 0.0985. The molecule has 2 aromatic heterocycles. The highest BCUT2D eigenvalue weighted by Gasteiger charge is 2.22. The van der Waals surface area contributed by atoms with E-state index in [1.54, 1.807) is 18.2 Å². The molecule has 0 atom stereocenters. The Hall–Kier alpha value is -2.40. The number of benzene rings is 2. The topological polar surface area (TPSA) is 85.4 Å². The first-order valence-corrected chi connectivity index (χ1v) is 11.9. The van der Waals surface area contributed by atoms with E-state index in [0.717, 1.165) is 6.26 Å². The van der Waals surface area contributed by atoms with Gasteiger partial charge in [0.15, 0.2) is 15.0 Å². The maximum absolute atomic E-state index is 14.3. The molecule has 0 aliphatic heterocycles. The summed E-state index contributed by atoms with van der Waals surface area (Å²) < 4.78 is 44.2. The number of rotatable bonds is 5. The quantitative estimate of drug-likeness (QED) is 0.485. The summed E-state index contributed by atoms with van der Waals surface area (Å²) in [7, 11) is -1.85. The van der Waals surface area contributed by atoms with Gasteiger partial charge in [-0.05, 0) is 30.3 Å². The van der Waals surface area contributed by atoms with Crippen LogP contribution in [0.2, 0.25) is 0 Å². The fourth-order valence-electron chi connectivity index (χ4n) is 2.98. The Bertz CT molecular complexity index is 1360. The number of fused-ring (bicyclic) bond motifs is 2. The molecule has 0 spiro atoms. The van der Waals surface area contributed by atoms with E-state index in [1.165, 1.54) is 48.0 Å². The van der Waals surface area contributed by atoms with Gasteiger partial charge in [0.1, 0.15) is 5.82 Å². The zero-order valence-corrected chi connectivity index (χ0v) is 17.8. The minimum atomic E-state index is -3.34. The summed E-state index contributed by atoms with van der Waals surface area (Å²) in [6, 6.07) is 9.31. The molecule has 2 heterocycles. The molecule has 0 saturated carbocycles. The Balaban J connectivity index is 1.71. The number of thiophene rings is 1. The molecule has 29 heavy (non-hydrogen) atoms. The highest BCUT2D eigenvalue weighted by Crippen LogP contribution is 2.35. The van der Waals surface area contributed by atoms with Gasteiger partial charge >= 0.3 is 0 Å². The van der Waals surface area contributed by atoms with Crippen LogP contribution in [-0.2, 0) is 21.2 Å². The third kappa shape index (κ3) is 3.76. The number of methoxy groups -OCH3 is 1. The fraction of sp³-hybridized carbons (Fsp3) is 0.158. The largest absolute Gasteiger partial charge is 0.380 e. The van der Waals surface area contributed by atoms with E-state index in [-0.39, 0.29) is 11.5 Å². The molecule has 10 heteroatoms. The van der Waals surface area contributed by atoms with Gasteiger partial charge in [0.2, 0.25) is 0 Å². The molecule has 0 saturated heterocycles. The van der Waals surface area contributed by atoms with E-state index in [4.69, 9.17) is 4.74 Å². The van der Waals surface area contributed by atoms with E-state index in [9.17, 15) is 17.6 Å². The number of carbonyl (C=O) groups is 1. The standard InChI is InChI=1S/C19H15FN2O4S3/c1-26-9-11-16-12(20)4-3-5-14(16)27-17(11)18(23)22-19-21-13-7-6-10(29(2,24)25)8-15(13)28-19/h3-8H,9H2,1-2H3,(H,21,22,23). The number of ether oxygens (including phenoxy) is 1. The molecule has 0 aliphatic carbocycles. The van der Waals surface area contributed by atoms with Gasteiger partial charge in [0.25, 0.3) is 5.91 Å². The highest BCUT2D eigenvalue weighted by molar-refractivity contribution is 7.90. The van der Waals surface area contributed by atoms with Crippen LogP contribution in [0.5, 0.6) is 0 Å². The van der Waals surface area contributed by atoms with Gasteiger partial charge in [-0.3, -0.25) is 10.1 Å². The number of amides is 1. The normalized spacial score (nSPS) is 12.0. The Kier molecular flexibility index (Phi) is 5.11. The second kappa shape index (κ2) is 7.45. The Morgan fingerprint density at radius 2 is 2.00 bits per heavy atom. The van der Waals surface area contributed by atoms with Crippen molar-refractivity contribution in [2.75, 3.05) is 18.7 Å². The van der Waals surface area contributed by atoms with Gasteiger partial charge in [0, 0.05) is 29.0 Å². The number of carbonyl (C=O) groups excluding carboxylic acids is 1. The van der Waals surface area contributed by atoms with Crippen LogP contribution in [0.1, 0.15) is 15.2 Å². The molecule has 0 unspecified atom stereocenters. The van der Waals surface area contributed by atoms with Crippen molar-refractivity contribution in [1.82, 2.24) is 4.98 Å². The van der Waals surface area contributed by atoms with Gasteiger partial charge in [-0.25, -0.2) is 17.8 Å². The van der Waals surface area contributed by atoms with Crippen molar-refractivity contribution in [3.63, 3.8) is 0 Å². The van der Waals surface area contributed by atoms with Gasteiger partial charge in [0.05, 0.1) is 26.6 Å². The number of sulfone groups is 1. The van der Waals surface area contributed by atoms with Gasteiger partial charge in [-0.1, -0.05) is 17.4 Å². The first-order valence-electron chi connectivity index (χ1n) is 8.39. The summed E-state index contributed by atoms with van der Waals surface area (Å²) in [4.78, 5) is 17.8. The average Bonchev–Trinajstić information content (AvgIpc) is 3.22. The number of thiazole rings is 1. The van der Waals surface area contributed by atoms with E-state index in [0.29, 0.717) is 35.9 Å². The second-order valence-corrected chi connectivity index (χ2v) is 10.4. The lowest BCUT2D eigenvalue weighted by Gasteiger charge is -2.04. The molecule has 2 aromatic carbocycles. The zero-order valence-electron chi connectivity index (χ0n) is 15.4. The second-order valence-electron chi connectivity index (χ2n) is 6.33. The van der Waals surface area contributed by atoms with Crippen LogP contribution in [0.3, 0.4) is 0 Å². The molecule has 1 N–H and O–H groups in total. The van der Waals surface area contributed by atoms with Crippen molar-refractivity contribution in [2.45, 2.75) is 11.5 Å². The third-order valence-electron chi connectivity index (χ3n) is 4.27. The molecule has 4 aromatic rings. The predicted octanol–water partition coefficient (Wildman–Crippen LogP) is 4.45. The SMILES string of the molecule is COCc1c(C(=O)Nc2nc3ccc(S(C)(=O)=O)cc3s2)sc2cccc(F)c12. The van der Waals surface area contributed by atoms with Crippen molar-refractivity contribution in [1.29, 1.82) is 0 Å². The molecule has 0 bridgehead atoms. The van der Waals surface area contributed by atoms with Crippen LogP contribution >= 0.6 is 22.7 Å². The molecule has 6 nitrogen and oxygen atoms in total. The number of anilines is 1. The number of nitrogens with one attached hydrogen (secondary N) is 1. The van der Waals surface area contributed by atoms with Crippen LogP contribution in [-0.4, -0.2) is 32.7 Å². The highest BCUT2D eigenvalue weighted by atomic mass is 32.2. The molecule has 4 rings (SSSR count). The Morgan fingerprint density at radius 1 is 1.21 bits per heavy atom. The first kappa shape index (κ1) is 19.9. The number of hydrogen-bond acceptors (Lipinski definition) is 7. The fourth-order valence-corrected chi connectivity index (χ4v) is 5.71. The average molecular weight is 451 g/mol. The van der Waals surface area contributed by atoms with Crippen molar-refractivity contribution < 1.29 is 22.3 Å². The van der Waals surface area contributed by atoms with E-state index < -0.39 is 21.6 Å². The molecule has 0 aliphatic rings. The van der Waals surface area contributed by atoms with Crippen LogP contribution in [0, 0.1) is 5.82 Å². The summed E-state index contributed by atoms with van der Waals surface area (Å²) in [5, 5.41) is 3.45. The number of hydrogen-bond donors (Lipinski definition) is 1. The Labute approximate surface area is 173 Å². The van der Waals surface area contributed by atoms with Crippen molar-refractivity contribution in [3.05, 3.63) is 52.7 Å². The van der Waals surface area contributed by atoms with Gasteiger partial charge in [-0.2, -0.15) is 0 Å². The minimum absolute atomic E-state index is 0.0985. The molecule has 0 fully saturated rings. The van der Waals surface area contributed by atoms with Gasteiger partial charge < -0.3 is 4.74 Å². The summed E-state index contributed by atoms with van der Waals surface area (Å²) >= 11 is 2.36. The smallest absolute Gasteiger partial charge is 0.267 e.